The van der Waals surface area contributed by atoms with Crippen molar-refractivity contribution < 1.29 is 0 Å². The molecule has 2 rings (SSSR count). The van der Waals surface area contributed by atoms with Crippen LogP contribution in [0.25, 0.3) is 11.1 Å². The molecule has 0 bridgehead atoms. The van der Waals surface area contributed by atoms with E-state index >= 15 is 0 Å². The van der Waals surface area contributed by atoms with Crippen molar-refractivity contribution in [1.29, 1.82) is 0 Å². The summed E-state index contributed by atoms with van der Waals surface area (Å²) in [6.07, 6.45) is 6.22. The summed E-state index contributed by atoms with van der Waals surface area (Å²) in [7, 11) is 0. The zero-order valence-electron chi connectivity index (χ0n) is 10.2. The van der Waals surface area contributed by atoms with Crippen LogP contribution in [0.2, 0.25) is 5.02 Å². The second-order valence-electron chi connectivity index (χ2n) is 4.19. The van der Waals surface area contributed by atoms with E-state index in [1.165, 1.54) is 0 Å². The summed E-state index contributed by atoms with van der Waals surface area (Å²) in [5, 5.41) is 5.20. The number of aromatic nitrogens is 2. The zero-order valence-corrected chi connectivity index (χ0v) is 11.0. The van der Waals surface area contributed by atoms with Crippen LogP contribution in [-0.4, -0.2) is 9.78 Å². The van der Waals surface area contributed by atoms with E-state index in [1.807, 2.05) is 24.4 Å². The van der Waals surface area contributed by atoms with E-state index in [2.05, 4.69) is 35.9 Å². The van der Waals surface area contributed by atoms with Gasteiger partial charge in [0.15, 0.2) is 0 Å². The Kier molecular flexibility index (Phi) is 3.85. The SMILES string of the molecule is CCC(CC)n1cc(-c2cccc(Cl)c2)cn1. The van der Waals surface area contributed by atoms with Gasteiger partial charge in [0, 0.05) is 16.8 Å². The summed E-state index contributed by atoms with van der Waals surface area (Å²) in [5.74, 6) is 0. The third kappa shape index (κ3) is 2.70. The number of benzene rings is 1. The van der Waals surface area contributed by atoms with Gasteiger partial charge in [-0.25, -0.2) is 0 Å². The van der Waals surface area contributed by atoms with E-state index in [0.29, 0.717) is 6.04 Å². The summed E-state index contributed by atoms with van der Waals surface area (Å²) in [5.41, 5.74) is 2.24. The Balaban J connectivity index is 2.29. The number of halogens is 1. The van der Waals surface area contributed by atoms with E-state index in [4.69, 9.17) is 11.6 Å². The number of nitrogens with zero attached hydrogens (tertiary/aromatic N) is 2. The van der Waals surface area contributed by atoms with Crippen LogP contribution in [0.4, 0.5) is 0 Å². The predicted molar refractivity (Wildman–Crippen MR) is 72.3 cm³/mol. The maximum Gasteiger partial charge on any atom is 0.0568 e. The van der Waals surface area contributed by atoms with Gasteiger partial charge in [0.2, 0.25) is 0 Å². The lowest BCUT2D eigenvalue weighted by atomic mass is 10.1. The maximum atomic E-state index is 5.99. The van der Waals surface area contributed by atoms with Gasteiger partial charge in [-0.05, 0) is 30.5 Å². The van der Waals surface area contributed by atoms with E-state index in [0.717, 1.165) is 29.0 Å². The van der Waals surface area contributed by atoms with Gasteiger partial charge in [-0.15, -0.1) is 0 Å². The fourth-order valence-corrected chi connectivity index (χ4v) is 2.21. The zero-order chi connectivity index (χ0) is 12.3. The van der Waals surface area contributed by atoms with Crippen molar-refractivity contribution in [2.24, 2.45) is 0 Å². The first-order valence-electron chi connectivity index (χ1n) is 6.04. The monoisotopic (exact) mass is 248 g/mol. The van der Waals surface area contributed by atoms with Gasteiger partial charge in [0.1, 0.15) is 0 Å². The van der Waals surface area contributed by atoms with Crippen molar-refractivity contribution in [1.82, 2.24) is 9.78 Å². The molecule has 0 spiro atoms. The van der Waals surface area contributed by atoms with Crippen LogP contribution in [0, 0.1) is 0 Å². The van der Waals surface area contributed by atoms with Crippen molar-refractivity contribution >= 4 is 11.6 Å². The average Bonchev–Trinajstić information content (AvgIpc) is 2.80. The average molecular weight is 249 g/mol. The minimum atomic E-state index is 0.489. The Morgan fingerprint density at radius 2 is 2.00 bits per heavy atom. The van der Waals surface area contributed by atoms with Gasteiger partial charge in [0.05, 0.1) is 12.2 Å². The first kappa shape index (κ1) is 12.2. The van der Waals surface area contributed by atoms with Gasteiger partial charge >= 0.3 is 0 Å². The van der Waals surface area contributed by atoms with Gasteiger partial charge in [-0.2, -0.15) is 5.10 Å². The van der Waals surface area contributed by atoms with E-state index in [1.54, 1.807) is 0 Å². The Morgan fingerprint density at radius 3 is 2.65 bits per heavy atom. The minimum Gasteiger partial charge on any atom is -0.269 e. The molecule has 0 saturated carbocycles. The first-order valence-corrected chi connectivity index (χ1v) is 6.42. The molecule has 3 heteroatoms. The molecule has 0 unspecified atom stereocenters. The van der Waals surface area contributed by atoms with Gasteiger partial charge in [0.25, 0.3) is 0 Å². The molecule has 2 nitrogen and oxygen atoms in total. The lowest BCUT2D eigenvalue weighted by molar-refractivity contribution is 0.428. The summed E-state index contributed by atoms with van der Waals surface area (Å²) in [6.45, 7) is 4.38. The van der Waals surface area contributed by atoms with Crippen molar-refractivity contribution in [3.8, 4) is 11.1 Å². The number of hydrogen-bond donors (Lipinski definition) is 0. The molecule has 0 aliphatic carbocycles. The molecule has 1 aromatic carbocycles. The van der Waals surface area contributed by atoms with Crippen molar-refractivity contribution in [3.05, 3.63) is 41.7 Å². The van der Waals surface area contributed by atoms with Crippen LogP contribution < -0.4 is 0 Å². The molecule has 0 amide bonds. The van der Waals surface area contributed by atoms with Crippen LogP contribution in [0.5, 0.6) is 0 Å². The summed E-state index contributed by atoms with van der Waals surface area (Å²) >= 11 is 5.99. The first-order chi connectivity index (χ1) is 8.24. The van der Waals surface area contributed by atoms with E-state index < -0.39 is 0 Å². The molecule has 0 aliphatic rings. The second-order valence-corrected chi connectivity index (χ2v) is 4.63. The lowest BCUT2D eigenvalue weighted by Gasteiger charge is -2.12. The van der Waals surface area contributed by atoms with Crippen molar-refractivity contribution in [2.75, 3.05) is 0 Å². The number of rotatable bonds is 4. The lowest BCUT2D eigenvalue weighted by Crippen LogP contribution is -2.06. The molecular formula is C14H17ClN2. The molecule has 17 heavy (non-hydrogen) atoms. The minimum absolute atomic E-state index is 0.489. The van der Waals surface area contributed by atoms with Gasteiger partial charge < -0.3 is 0 Å². The third-order valence-corrected chi connectivity index (χ3v) is 3.31. The summed E-state index contributed by atoms with van der Waals surface area (Å²) in [4.78, 5) is 0. The molecule has 0 N–H and O–H groups in total. The molecule has 0 fully saturated rings. The maximum absolute atomic E-state index is 5.99. The fourth-order valence-electron chi connectivity index (χ4n) is 2.02. The van der Waals surface area contributed by atoms with Crippen LogP contribution >= 0.6 is 11.6 Å². The van der Waals surface area contributed by atoms with Gasteiger partial charge in [-0.3, -0.25) is 4.68 Å². The van der Waals surface area contributed by atoms with Crippen molar-refractivity contribution in [2.45, 2.75) is 32.7 Å². The van der Waals surface area contributed by atoms with E-state index in [9.17, 15) is 0 Å². The largest absolute Gasteiger partial charge is 0.269 e. The number of hydrogen-bond acceptors (Lipinski definition) is 1. The predicted octanol–water partition coefficient (Wildman–Crippen LogP) is 4.56. The molecule has 2 aromatic rings. The van der Waals surface area contributed by atoms with Crippen LogP contribution in [0.3, 0.4) is 0 Å². The van der Waals surface area contributed by atoms with Crippen molar-refractivity contribution in [3.63, 3.8) is 0 Å². The fraction of sp³-hybridized carbons (Fsp3) is 0.357. The molecular weight excluding hydrogens is 232 g/mol. The topological polar surface area (TPSA) is 17.8 Å². The highest BCUT2D eigenvalue weighted by Crippen LogP contribution is 2.24. The molecule has 0 radical (unpaired) electrons. The second kappa shape index (κ2) is 5.37. The smallest absolute Gasteiger partial charge is 0.0568 e. The van der Waals surface area contributed by atoms with Crippen LogP contribution in [0.15, 0.2) is 36.7 Å². The molecule has 0 saturated heterocycles. The highest BCUT2D eigenvalue weighted by Gasteiger charge is 2.08. The Morgan fingerprint density at radius 1 is 1.24 bits per heavy atom. The quantitative estimate of drug-likeness (QED) is 0.775. The highest BCUT2D eigenvalue weighted by atomic mass is 35.5. The Bertz CT molecular complexity index is 486. The van der Waals surface area contributed by atoms with Crippen LogP contribution in [-0.2, 0) is 0 Å². The Hall–Kier alpha value is -1.28. The highest BCUT2D eigenvalue weighted by molar-refractivity contribution is 6.30. The van der Waals surface area contributed by atoms with E-state index in [-0.39, 0.29) is 0 Å². The molecule has 1 heterocycles. The normalized spacial score (nSPS) is 11.1. The Labute approximate surface area is 107 Å². The van der Waals surface area contributed by atoms with Gasteiger partial charge in [-0.1, -0.05) is 37.6 Å². The summed E-state index contributed by atoms with van der Waals surface area (Å²) < 4.78 is 2.05. The molecule has 1 aromatic heterocycles. The van der Waals surface area contributed by atoms with Crippen LogP contribution in [0.1, 0.15) is 32.7 Å². The standard InChI is InChI=1S/C14H17ClN2/c1-3-14(4-2)17-10-12(9-16-17)11-6-5-7-13(15)8-11/h5-10,14H,3-4H2,1-2H3. The molecule has 0 atom stereocenters. The molecule has 90 valence electrons. The third-order valence-electron chi connectivity index (χ3n) is 3.08. The molecule has 0 aliphatic heterocycles. The summed E-state index contributed by atoms with van der Waals surface area (Å²) in [6, 6.07) is 8.36.